The quantitative estimate of drug-likeness (QED) is 0.178. The van der Waals surface area contributed by atoms with Crippen LogP contribution in [0.25, 0.3) is 0 Å². The summed E-state index contributed by atoms with van der Waals surface area (Å²) in [5, 5.41) is 9.53. The first-order valence-corrected chi connectivity index (χ1v) is 11.3. The van der Waals surface area contributed by atoms with E-state index in [1.807, 2.05) is 55.1 Å². The molecule has 32 heavy (non-hydrogen) atoms. The Hall–Kier alpha value is -1.88. The molecular weight excluding hydrogens is 519 g/mol. The molecule has 3 N–H and O–H groups in total. The van der Waals surface area contributed by atoms with Crippen LogP contribution in [-0.2, 0) is 16.1 Å². The van der Waals surface area contributed by atoms with Crippen LogP contribution in [0.3, 0.4) is 0 Å². The van der Waals surface area contributed by atoms with Gasteiger partial charge in [-0.05, 0) is 58.0 Å². The van der Waals surface area contributed by atoms with Crippen molar-refractivity contribution in [1.29, 1.82) is 0 Å². The van der Waals surface area contributed by atoms with Crippen LogP contribution in [0.1, 0.15) is 44.6 Å². The molecule has 0 atom stereocenters. The maximum absolute atomic E-state index is 12.1. The van der Waals surface area contributed by atoms with Gasteiger partial charge < -0.3 is 25.8 Å². The molecule has 8 nitrogen and oxygen atoms in total. The smallest absolute Gasteiger partial charge is 0.238 e. The van der Waals surface area contributed by atoms with Crippen molar-refractivity contribution in [2.75, 3.05) is 52.1 Å². The van der Waals surface area contributed by atoms with Crippen LogP contribution >= 0.6 is 24.0 Å². The number of likely N-dealkylation sites (tertiary alicyclic amines) is 1. The fourth-order valence-corrected chi connectivity index (χ4v) is 3.50. The molecule has 1 fully saturated rings. The molecule has 180 valence electrons. The van der Waals surface area contributed by atoms with Crippen molar-refractivity contribution in [2.45, 2.75) is 45.6 Å². The van der Waals surface area contributed by atoms with Crippen molar-refractivity contribution < 1.29 is 9.59 Å². The van der Waals surface area contributed by atoms with Gasteiger partial charge in [-0.15, -0.1) is 24.0 Å². The summed E-state index contributed by atoms with van der Waals surface area (Å²) >= 11 is 0. The molecule has 1 aromatic carbocycles. The normalized spacial score (nSPS) is 14.6. The van der Waals surface area contributed by atoms with E-state index in [-0.39, 0.29) is 35.8 Å². The Balaban J connectivity index is 0.00000512. The number of likely N-dealkylation sites (N-methyl/N-ethyl adjacent to an activating group) is 1. The van der Waals surface area contributed by atoms with Gasteiger partial charge in [0.15, 0.2) is 5.96 Å². The molecular formula is C23H39IN6O2. The molecule has 0 aliphatic carbocycles. The number of nitrogens with zero attached hydrogens (tertiary/aromatic N) is 3. The molecule has 2 amide bonds. The number of anilines is 1. The minimum Gasteiger partial charge on any atom is -0.357 e. The molecule has 2 rings (SSSR count). The Labute approximate surface area is 209 Å². The molecule has 1 aliphatic rings. The summed E-state index contributed by atoms with van der Waals surface area (Å²) < 4.78 is 0. The van der Waals surface area contributed by atoms with E-state index in [9.17, 15) is 9.59 Å². The van der Waals surface area contributed by atoms with Crippen LogP contribution in [0.2, 0.25) is 0 Å². The molecule has 1 aromatic rings. The molecule has 1 saturated heterocycles. The minimum atomic E-state index is -0.0384. The molecule has 0 saturated carbocycles. The standard InChI is InChI=1S/C23H38N6O2.HI/c1-4-24-23(25-13-9-15-29-14-7-5-6-12-22(29)31)26-17-19-10-8-11-20(16-19)27-21(30)18-28(2)3;/h8,10-11,16H,4-7,9,12-15,17-18H2,1-3H3,(H,27,30)(H2,24,25,26);1H. The zero-order valence-electron chi connectivity index (χ0n) is 19.7. The minimum absolute atomic E-state index is 0. The number of aliphatic imine (C=N–C) groups is 1. The number of amides is 2. The third kappa shape index (κ3) is 11.1. The topological polar surface area (TPSA) is 89.1 Å². The van der Waals surface area contributed by atoms with Crippen molar-refractivity contribution in [3.63, 3.8) is 0 Å². The molecule has 0 radical (unpaired) electrons. The number of hydrogen-bond acceptors (Lipinski definition) is 4. The summed E-state index contributed by atoms with van der Waals surface area (Å²) in [5.41, 5.74) is 1.80. The Morgan fingerprint density at radius 3 is 2.75 bits per heavy atom. The van der Waals surface area contributed by atoms with Gasteiger partial charge in [0.05, 0.1) is 13.1 Å². The molecule has 0 unspecified atom stereocenters. The highest BCUT2D eigenvalue weighted by Gasteiger charge is 2.15. The number of carbonyl (C=O) groups excluding carboxylic acids is 2. The van der Waals surface area contributed by atoms with Gasteiger partial charge in [-0.3, -0.25) is 9.59 Å². The second-order valence-electron chi connectivity index (χ2n) is 8.15. The Morgan fingerprint density at radius 2 is 2.00 bits per heavy atom. The lowest BCUT2D eigenvalue weighted by Gasteiger charge is -2.20. The van der Waals surface area contributed by atoms with Gasteiger partial charge in [-0.2, -0.15) is 0 Å². The second-order valence-corrected chi connectivity index (χ2v) is 8.15. The third-order valence-corrected chi connectivity index (χ3v) is 5.00. The zero-order chi connectivity index (χ0) is 22.5. The molecule has 1 heterocycles. The van der Waals surface area contributed by atoms with Gasteiger partial charge in [-0.25, -0.2) is 4.99 Å². The van der Waals surface area contributed by atoms with E-state index in [1.54, 1.807) is 0 Å². The van der Waals surface area contributed by atoms with E-state index >= 15 is 0 Å². The fourth-order valence-electron chi connectivity index (χ4n) is 3.50. The first-order valence-electron chi connectivity index (χ1n) is 11.3. The molecule has 0 aromatic heterocycles. The van der Waals surface area contributed by atoms with Crippen molar-refractivity contribution in [2.24, 2.45) is 4.99 Å². The highest BCUT2D eigenvalue weighted by atomic mass is 127. The molecule has 0 spiro atoms. The lowest BCUT2D eigenvalue weighted by Crippen LogP contribution is -2.39. The fraction of sp³-hybridized carbons (Fsp3) is 0.609. The predicted molar refractivity (Wildman–Crippen MR) is 142 cm³/mol. The third-order valence-electron chi connectivity index (χ3n) is 5.00. The second kappa shape index (κ2) is 15.8. The summed E-state index contributed by atoms with van der Waals surface area (Å²) in [7, 11) is 3.73. The van der Waals surface area contributed by atoms with Crippen LogP contribution in [0.15, 0.2) is 29.3 Å². The summed E-state index contributed by atoms with van der Waals surface area (Å²) in [4.78, 5) is 32.5. The number of rotatable bonds is 10. The van der Waals surface area contributed by atoms with Crippen LogP contribution in [0.4, 0.5) is 5.69 Å². The Morgan fingerprint density at radius 1 is 1.19 bits per heavy atom. The van der Waals surface area contributed by atoms with E-state index in [0.29, 0.717) is 19.5 Å². The summed E-state index contributed by atoms with van der Waals surface area (Å²) in [6, 6.07) is 7.76. The first kappa shape index (κ1) is 28.2. The van der Waals surface area contributed by atoms with Crippen LogP contribution in [0.5, 0.6) is 0 Å². The largest absolute Gasteiger partial charge is 0.357 e. The maximum atomic E-state index is 12.1. The monoisotopic (exact) mass is 558 g/mol. The zero-order valence-corrected chi connectivity index (χ0v) is 22.0. The summed E-state index contributed by atoms with van der Waals surface area (Å²) in [6.07, 6.45) is 4.86. The van der Waals surface area contributed by atoms with E-state index in [4.69, 9.17) is 0 Å². The molecule has 0 bridgehead atoms. The van der Waals surface area contributed by atoms with E-state index in [1.165, 1.54) is 0 Å². The summed E-state index contributed by atoms with van der Waals surface area (Å²) in [5.74, 6) is 1.01. The number of benzene rings is 1. The number of halogens is 1. The van der Waals surface area contributed by atoms with E-state index < -0.39 is 0 Å². The number of nitrogens with one attached hydrogen (secondary N) is 3. The van der Waals surface area contributed by atoms with Crippen molar-refractivity contribution in [1.82, 2.24) is 20.4 Å². The molecule has 9 heteroatoms. The van der Waals surface area contributed by atoms with Crippen LogP contribution in [0, 0.1) is 0 Å². The number of hydrogen-bond donors (Lipinski definition) is 3. The molecule has 1 aliphatic heterocycles. The highest BCUT2D eigenvalue weighted by Crippen LogP contribution is 2.12. The number of carbonyl (C=O) groups is 2. The maximum Gasteiger partial charge on any atom is 0.238 e. The lowest BCUT2D eigenvalue weighted by atomic mass is 10.2. The average Bonchev–Trinajstić information content (AvgIpc) is 2.93. The first-order chi connectivity index (χ1) is 15.0. The average molecular weight is 559 g/mol. The van der Waals surface area contributed by atoms with Crippen LogP contribution in [-0.4, -0.2) is 74.4 Å². The lowest BCUT2D eigenvalue weighted by molar-refractivity contribution is -0.130. The van der Waals surface area contributed by atoms with Gasteiger partial charge in [-0.1, -0.05) is 18.6 Å². The van der Waals surface area contributed by atoms with E-state index in [2.05, 4.69) is 20.9 Å². The van der Waals surface area contributed by atoms with Crippen molar-refractivity contribution in [3.8, 4) is 0 Å². The van der Waals surface area contributed by atoms with Crippen molar-refractivity contribution >= 4 is 47.4 Å². The van der Waals surface area contributed by atoms with Gasteiger partial charge in [0, 0.05) is 38.3 Å². The number of guanidine groups is 1. The Kier molecular flexibility index (Phi) is 13.9. The van der Waals surface area contributed by atoms with Gasteiger partial charge >= 0.3 is 0 Å². The van der Waals surface area contributed by atoms with Crippen molar-refractivity contribution in [3.05, 3.63) is 29.8 Å². The highest BCUT2D eigenvalue weighted by molar-refractivity contribution is 14.0. The van der Waals surface area contributed by atoms with Crippen LogP contribution < -0.4 is 16.0 Å². The van der Waals surface area contributed by atoms with Gasteiger partial charge in [0.1, 0.15) is 0 Å². The van der Waals surface area contributed by atoms with Gasteiger partial charge in [0.25, 0.3) is 0 Å². The van der Waals surface area contributed by atoms with E-state index in [0.717, 1.165) is 69.1 Å². The summed E-state index contributed by atoms with van der Waals surface area (Å²) in [6.45, 7) is 6.10. The predicted octanol–water partition coefficient (Wildman–Crippen LogP) is 2.65. The SMILES string of the molecule is CCNC(=NCc1cccc(NC(=O)CN(C)C)c1)NCCCN1CCCCCC1=O.I. The Bertz CT molecular complexity index is 741. The van der Waals surface area contributed by atoms with Gasteiger partial charge in [0.2, 0.25) is 11.8 Å².